The first-order valence-electron chi connectivity index (χ1n) is 5.87. The molecule has 0 aromatic rings. The van der Waals surface area contributed by atoms with E-state index < -0.39 is 20.1 Å². The van der Waals surface area contributed by atoms with Gasteiger partial charge in [0.2, 0.25) is 0 Å². The third-order valence-corrected chi connectivity index (χ3v) is 10.2. The Morgan fingerprint density at radius 1 is 1.38 bits per heavy atom. The number of alkyl halides is 2. The molecule has 1 heterocycles. The van der Waals surface area contributed by atoms with Gasteiger partial charge in [0, 0.05) is 0 Å². The first kappa shape index (κ1) is 15.0. The van der Waals surface area contributed by atoms with Crippen LogP contribution in [-0.2, 0) is 0 Å². The van der Waals surface area contributed by atoms with Crippen molar-refractivity contribution in [3.63, 3.8) is 0 Å². The van der Waals surface area contributed by atoms with Crippen LogP contribution in [-0.4, -0.2) is 74.5 Å². The Labute approximate surface area is 114 Å². The number of halogens is 1. The van der Waals surface area contributed by atoms with Gasteiger partial charge in [0.05, 0.1) is 0 Å². The molecule has 0 spiro atoms. The Balaban J connectivity index is 2.21. The van der Waals surface area contributed by atoms with Crippen LogP contribution in [0.25, 0.3) is 0 Å². The van der Waals surface area contributed by atoms with Gasteiger partial charge in [-0.2, -0.15) is 0 Å². The second kappa shape index (κ2) is 7.41. The topological polar surface area (TPSA) is 9.72 Å². The van der Waals surface area contributed by atoms with Crippen molar-refractivity contribution in [2.75, 3.05) is 55.5 Å². The first-order valence-corrected chi connectivity index (χ1v) is 10.5. The number of nitrogens with zero attached hydrogens (tertiary/aromatic N) is 3. The zero-order valence-corrected chi connectivity index (χ0v) is 14.0. The van der Waals surface area contributed by atoms with Crippen molar-refractivity contribution >= 4 is 32.7 Å². The van der Waals surface area contributed by atoms with Crippen LogP contribution in [0.5, 0.6) is 0 Å². The number of rotatable bonds is 6. The van der Waals surface area contributed by atoms with E-state index in [9.17, 15) is 0 Å². The summed E-state index contributed by atoms with van der Waals surface area (Å²) in [4.78, 5) is 4.90. The molecule has 3 nitrogen and oxygen atoms in total. The van der Waals surface area contributed by atoms with E-state index in [0.29, 0.717) is 6.04 Å². The molecule has 0 aromatic heterocycles. The maximum atomic E-state index is 4.35. The molecule has 1 rings (SSSR count). The molecular weight excluding hydrogens is 333 g/mol. The van der Waals surface area contributed by atoms with E-state index in [-0.39, 0.29) is 0 Å². The van der Waals surface area contributed by atoms with Crippen molar-refractivity contribution in [1.82, 2.24) is 12.9 Å². The van der Waals surface area contributed by atoms with E-state index in [1.807, 2.05) is 0 Å². The zero-order valence-electron chi connectivity index (χ0n) is 11.0. The molecule has 16 heavy (non-hydrogen) atoms. The first-order chi connectivity index (χ1) is 7.54. The number of likely N-dealkylation sites (N-methyl/N-ethyl adjacent to an activating group) is 2. The van der Waals surface area contributed by atoms with Crippen molar-refractivity contribution in [1.29, 1.82) is 0 Å². The monoisotopic (exact) mass is 359 g/mol. The molecule has 98 valence electrons. The van der Waals surface area contributed by atoms with Crippen molar-refractivity contribution in [2.45, 2.75) is 13.0 Å². The second-order valence-electron chi connectivity index (χ2n) is 4.66. The Hall–Kier alpha value is 0.960. The van der Waals surface area contributed by atoms with Gasteiger partial charge < -0.3 is 0 Å². The molecule has 1 fully saturated rings. The van der Waals surface area contributed by atoms with Crippen LogP contribution < -0.4 is 0 Å². The van der Waals surface area contributed by atoms with E-state index >= 15 is 0 Å². The summed E-state index contributed by atoms with van der Waals surface area (Å²) in [5.41, 5.74) is 0. The Morgan fingerprint density at radius 3 is 2.56 bits per heavy atom. The van der Waals surface area contributed by atoms with Crippen LogP contribution in [0.4, 0.5) is 0 Å². The molecule has 1 atom stereocenters. The third-order valence-electron chi connectivity index (χ3n) is 3.21. The fourth-order valence-electron chi connectivity index (χ4n) is 1.61. The third kappa shape index (κ3) is 4.68. The summed E-state index contributed by atoms with van der Waals surface area (Å²) >= 11 is 3.55. The van der Waals surface area contributed by atoms with Crippen molar-refractivity contribution in [3.8, 4) is 0 Å². The Morgan fingerprint density at radius 2 is 2.06 bits per heavy atom. The van der Waals surface area contributed by atoms with Gasteiger partial charge in [-0.15, -0.1) is 0 Å². The summed E-state index contributed by atoms with van der Waals surface area (Å²) in [7, 11) is 6.78. The van der Waals surface area contributed by atoms with Gasteiger partial charge in [-0.3, -0.25) is 0 Å². The Kier molecular flexibility index (Phi) is 6.95. The van der Waals surface area contributed by atoms with Crippen molar-refractivity contribution in [2.24, 2.45) is 0 Å². The maximum absolute atomic E-state index is 4.35. The van der Waals surface area contributed by atoms with E-state index in [0.717, 1.165) is 5.75 Å². The average Bonchev–Trinajstić information content (AvgIpc) is 2.71. The molecule has 0 amide bonds. The van der Waals surface area contributed by atoms with Crippen LogP contribution in [0.2, 0.25) is 0 Å². The van der Waals surface area contributed by atoms with Crippen LogP contribution in [0, 0.1) is 0 Å². The van der Waals surface area contributed by atoms with Crippen molar-refractivity contribution < 1.29 is 0 Å². The van der Waals surface area contributed by atoms with Crippen LogP contribution >= 0.6 is 32.7 Å². The molecule has 0 aliphatic carbocycles. The van der Waals surface area contributed by atoms with Gasteiger partial charge >= 0.3 is 114 Å². The quantitative estimate of drug-likeness (QED) is 0.253. The van der Waals surface area contributed by atoms with Gasteiger partial charge in [0.25, 0.3) is 0 Å². The average molecular weight is 359 g/mol. The van der Waals surface area contributed by atoms with Crippen LogP contribution in [0.15, 0.2) is 0 Å². The summed E-state index contributed by atoms with van der Waals surface area (Å²) in [5, 5.41) is 0. The number of hydrogen-bond donors (Lipinski definition) is 1. The van der Waals surface area contributed by atoms with Gasteiger partial charge in [-0.25, -0.2) is 0 Å². The molecule has 1 saturated heterocycles. The van der Waals surface area contributed by atoms with Gasteiger partial charge in [-0.05, 0) is 0 Å². The van der Waals surface area contributed by atoms with Gasteiger partial charge in [-0.1, -0.05) is 0 Å². The predicted octanol–water partition coefficient (Wildman–Crippen LogP) is 1.49. The fraction of sp³-hybridized carbons (Fsp3) is 1.00. The minimum absolute atomic E-state index is 0.590. The molecule has 0 saturated carbocycles. The molecule has 0 N–H and O–H groups in total. The van der Waals surface area contributed by atoms with E-state index in [1.54, 1.807) is 0 Å². The summed E-state index contributed by atoms with van der Waals surface area (Å²) in [6.45, 7) is 5.97. The summed E-state index contributed by atoms with van der Waals surface area (Å²) in [6.07, 6.45) is 0. The van der Waals surface area contributed by atoms with Crippen LogP contribution in [0.3, 0.4) is 0 Å². The zero-order chi connectivity index (χ0) is 12.1. The minimum atomic E-state index is -0.794. The summed E-state index contributed by atoms with van der Waals surface area (Å²) in [6, 6.07) is 0.590. The summed E-state index contributed by atoms with van der Waals surface area (Å²) in [5.74, 6) is 0.950. The van der Waals surface area contributed by atoms with Crippen molar-refractivity contribution in [3.05, 3.63) is 0 Å². The number of hydrogen-bond acceptors (Lipinski definition) is 4. The number of thiol groups is 1. The molecule has 1 aliphatic heterocycles. The SMILES string of the molecule is CC(CS)N(C)CCN(C)I1CCN(C)C1. The van der Waals surface area contributed by atoms with E-state index in [1.165, 1.54) is 28.6 Å². The molecule has 1 aliphatic rings. The van der Waals surface area contributed by atoms with Crippen LogP contribution in [0.1, 0.15) is 6.92 Å². The standard InChI is InChI=1S/C11H26IN3S/c1-11(9-16)14(3)7-8-15(4)12-5-6-13(2)10-12/h11,16H,5-10H2,1-4H3. The molecular formula is C11H26IN3S. The van der Waals surface area contributed by atoms with E-state index in [2.05, 4.69) is 53.6 Å². The molecule has 1 unspecified atom stereocenters. The second-order valence-corrected chi connectivity index (χ2v) is 10.9. The Bertz CT molecular complexity index is 206. The summed E-state index contributed by atoms with van der Waals surface area (Å²) < 4.78 is 5.52. The molecule has 0 radical (unpaired) electrons. The van der Waals surface area contributed by atoms with Gasteiger partial charge in [0.1, 0.15) is 0 Å². The fourth-order valence-corrected chi connectivity index (χ4v) is 7.54. The van der Waals surface area contributed by atoms with Gasteiger partial charge in [0.15, 0.2) is 0 Å². The molecule has 0 bridgehead atoms. The molecule has 5 heteroatoms. The van der Waals surface area contributed by atoms with E-state index in [4.69, 9.17) is 0 Å². The normalized spacial score (nSPS) is 22.3. The molecule has 0 aromatic carbocycles. The predicted molar refractivity (Wildman–Crippen MR) is 85.0 cm³/mol.